The zero-order chi connectivity index (χ0) is 12.3. The molecule has 1 N–H and O–H groups in total. The van der Waals surface area contributed by atoms with Crippen LogP contribution in [0.5, 0.6) is 0 Å². The van der Waals surface area contributed by atoms with E-state index in [1.54, 1.807) is 6.07 Å². The first-order chi connectivity index (χ1) is 7.36. The molecule has 1 rings (SSSR count). The minimum Gasteiger partial charge on any atom is -0.237 e. The van der Waals surface area contributed by atoms with Crippen LogP contribution in [0.15, 0.2) is 23.1 Å². The molecule has 0 saturated heterocycles. The Hall–Kier alpha value is -1.49. The number of hydrogen-bond donors (Lipinski definition) is 1. The number of benzene rings is 1. The highest BCUT2D eigenvalue weighted by Crippen LogP contribution is 2.14. The van der Waals surface area contributed by atoms with E-state index >= 15 is 0 Å². The molecule has 0 saturated carbocycles. The lowest BCUT2D eigenvalue weighted by Gasteiger charge is -2.12. The summed E-state index contributed by atoms with van der Waals surface area (Å²) in [5.41, 5.74) is -0.304. The van der Waals surface area contributed by atoms with Gasteiger partial charge < -0.3 is 0 Å². The van der Waals surface area contributed by atoms with Crippen LogP contribution in [0.4, 0.5) is 4.39 Å². The topological polar surface area (TPSA) is 73.2 Å². The molecule has 0 bridgehead atoms. The molecular formula is C9H10FN3O2S. The molecule has 0 aliphatic heterocycles. The molecule has 0 heterocycles. The van der Waals surface area contributed by atoms with Crippen LogP contribution in [0.3, 0.4) is 0 Å². The van der Waals surface area contributed by atoms with Gasteiger partial charge in [-0.3, -0.25) is 0 Å². The molecule has 0 amide bonds. The molecule has 1 aromatic carbocycles. The summed E-state index contributed by atoms with van der Waals surface area (Å²) in [5.74, 6) is -0.744. The van der Waals surface area contributed by atoms with Crippen molar-refractivity contribution in [2.45, 2.75) is 4.90 Å². The average molecular weight is 243 g/mol. The third kappa shape index (κ3) is 2.76. The molecule has 7 heteroatoms. The van der Waals surface area contributed by atoms with E-state index in [2.05, 4.69) is 4.83 Å². The van der Waals surface area contributed by atoms with Crippen LogP contribution in [-0.4, -0.2) is 27.5 Å². The predicted molar refractivity (Wildman–Crippen MR) is 55.1 cm³/mol. The minimum atomic E-state index is -3.75. The molecule has 0 aromatic heterocycles. The van der Waals surface area contributed by atoms with Gasteiger partial charge in [0.25, 0.3) is 10.0 Å². The summed E-state index contributed by atoms with van der Waals surface area (Å²) in [5, 5.41) is 9.82. The maximum absolute atomic E-state index is 13.0. The van der Waals surface area contributed by atoms with Gasteiger partial charge in [0.2, 0.25) is 0 Å². The first-order valence-corrected chi connectivity index (χ1v) is 5.74. The third-order valence-electron chi connectivity index (χ3n) is 1.67. The number of rotatable bonds is 3. The highest BCUT2D eigenvalue weighted by Gasteiger charge is 2.16. The van der Waals surface area contributed by atoms with E-state index in [0.717, 1.165) is 18.2 Å². The fraction of sp³-hybridized carbons (Fsp3) is 0.222. The number of hydrogen-bond acceptors (Lipinski definition) is 4. The first kappa shape index (κ1) is 12.6. The maximum Gasteiger partial charge on any atom is 0.253 e. The largest absolute Gasteiger partial charge is 0.253 e. The Kier molecular flexibility index (Phi) is 3.59. The van der Waals surface area contributed by atoms with Crippen molar-refractivity contribution in [2.24, 2.45) is 0 Å². The zero-order valence-electron chi connectivity index (χ0n) is 8.73. The number of nitriles is 1. The van der Waals surface area contributed by atoms with Crippen LogP contribution in [0.1, 0.15) is 5.56 Å². The van der Waals surface area contributed by atoms with E-state index in [0.29, 0.717) is 0 Å². The van der Waals surface area contributed by atoms with E-state index in [1.807, 2.05) is 0 Å². The molecule has 0 spiro atoms. The molecule has 0 unspecified atom stereocenters. The second-order valence-electron chi connectivity index (χ2n) is 3.24. The summed E-state index contributed by atoms with van der Waals surface area (Å²) in [4.78, 5) is 2.03. The Morgan fingerprint density at radius 2 is 2.06 bits per heavy atom. The highest BCUT2D eigenvalue weighted by molar-refractivity contribution is 7.89. The Bertz CT molecular complexity index is 534. The van der Waals surface area contributed by atoms with E-state index < -0.39 is 15.8 Å². The number of sulfonamides is 1. The molecule has 0 aliphatic carbocycles. The Labute approximate surface area is 93.1 Å². The molecule has 0 radical (unpaired) electrons. The Morgan fingerprint density at radius 3 is 2.56 bits per heavy atom. The molecule has 0 atom stereocenters. The second kappa shape index (κ2) is 4.57. The van der Waals surface area contributed by atoms with Crippen LogP contribution in [0.25, 0.3) is 0 Å². The van der Waals surface area contributed by atoms with Gasteiger partial charge >= 0.3 is 0 Å². The van der Waals surface area contributed by atoms with E-state index in [1.165, 1.54) is 19.1 Å². The van der Waals surface area contributed by atoms with Gasteiger partial charge in [0.1, 0.15) is 11.9 Å². The molecule has 16 heavy (non-hydrogen) atoms. The lowest BCUT2D eigenvalue weighted by atomic mass is 10.2. The summed E-state index contributed by atoms with van der Waals surface area (Å²) in [6, 6.07) is 4.61. The Balaban J connectivity index is 3.21. The number of nitrogens with one attached hydrogen (secondary N) is 1. The SMILES string of the molecule is CN(C)NS(=O)(=O)c1ccc(F)c(C#N)c1. The summed E-state index contributed by atoms with van der Waals surface area (Å²) in [7, 11) is -0.738. The maximum atomic E-state index is 13.0. The first-order valence-electron chi connectivity index (χ1n) is 4.26. The van der Waals surface area contributed by atoms with Gasteiger partial charge in [-0.15, -0.1) is 4.83 Å². The summed E-state index contributed by atoms with van der Waals surface area (Å²) < 4.78 is 36.2. The lowest BCUT2D eigenvalue weighted by Crippen LogP contribution is -2.36. The fourth-order valence-corrected chi connectivity index (χ4v) is 2.16. The number of nitrogens with zero attached hydrogens (tertiary/aromatic N) is 2. The minimum absolute atomic E-state index is 0.154. The highest BCUT2D eigenvalue weighted by atomic mass is 32.2. The monoisotopic (exact) mass is 243 g/mol. The second-order valence-corrected chi connectivity index (χ2v) is 4.90. The van der Waals surface area contributed by atoms with Crippen molar-refractivity contribution in [3.05, 3.63) is 29.6 Å². The van der Waals surface area contributed by atoms with Gasteiger partial charge in [0, 0.05) is 14.1 Å². The fourth-order valence-electron chi connectivity index (χ4n) is 1.05. The van der Waals surface area contributed by atoms with Crippen molar-refractivity contribution in [3.8, 4) is 6.07 Å². The standard InChI is InChI=1S/C9H10FN3O2S/c1-13(2)12-16(14,15)8-3-4-9(10)7(5-8)6-11/h3-5,12H,1-2H3. The van der Waals surface area contributed by atoms with Crippen molar-refractivity contribution < 1.29 is 12.8 Å². The van der Waals surface area contributed by atoms with Crippen LogP contribution < -0.4 is 4.83 Å². The molecule has 0 fully saturated rings. The van der Waals surface area contributed by atoms with Gasteiger partial charge in [0.05, 0.1) is 10.5 Å². The van der Waals surface area contributed by atoms with Crippen molar-refractivity contribution >= 4 is 10.0 Å². The van der Waals surface area contributed by atoms with Crippen molar-refractivity contribution in [1.82, 2.24) is 9.84 Å². The lowest BCUT2D eigenvalue weighted by molar-refractivity contribution is 0.364. The van der Waals surface area contributed by atoms with E-state index in [9.17, 15) is 12.8 Å². The van der Waals surface area contributed by atoms with Gasteiger partial charge in [-0.25, -0.2) is 17.8 Å². The van der Waals surface area contributed by atoms with Gasteiger partial charge in [0.15, 0.2) is 0 Å². The van der Waals surface area contributed by atoms with Gasteiger partial charge in [-0.1, -0.05) is 0 Å². The average Bonchev–Trinajstić information content (AvgIpc) is 2.16. The number of hydrazine groups is 1. The summed E-state index contributed by atoms with van der Waals surface area (Å²) in [6.45, 7) is 0. The van der Waals surface area contributed by atoms with Crippen LogP contribution in [0.2, 0.25) is 0 Å². The quantitative estimate of drug-likeness (QED) is 0.782. The molecule has 86 valence electrons. The molecule has 1 aromatic rings. The van der Waals surface area contributed by atoms with E-state index in [4.69, 9.17) is 5.26 Å². The third-order valence-corrected chi connectivity index (χ3v) is 3.15. The van der Waals surface area contributed by atoms with E-state index in [-0.39, 0.29) is 10.5 Å². The van der Waals surface area contributed by atoms with Crippen LogP contribution in [-0.2, 0) is 10.0 Å². The summed E-state index contributed by atoms with van der Waals surface area (Å²) >= 11 is 0. The summed E-state index contributed by atoms with van der Waals surface area (Å²) in [6.07, 6.45) is 0. The smallest absolute Gasteiger partial charge is 0.237 e. The molecular weight excluding hydrogens is 233 g/mol. The molecule has 0 aliphatic rings. The van der Waals surface area contributed by atoms with Gasteiger partial charge in [-0.05, 0) is 18.2 Å². The van der Waals surface area contributed by atoms with Crippen molar-refractivity contribution in [3.63, 3.8) is 0 Å². The predicted octanol–water partition coefficient (Wildman–Crippen LogP) is 0.452. The van der Waals surface area contributed by atoms with Crippen molar-refractivity contribution in [2.75, 3.05) is 14.1 Å². The molecule has 5 nitrogen and oxygen atoms in total. The van der Waals surface area contributed by atoms with Gasteiger partial charge in [-0.2, -0.15) is 5.26 Å². The Morgan fingerprint density at radius 1 is 1.44 bits per heavy atom. The van der Waals surface area contributed by atoms with Crippen LogP contribution >= 0.6 is 0 Å². The zero-order valence-corrected chi connectivity index (χ0v) is 9.55. The normalized spacial score (nSPS) is 11.4. The number of halogens is 1. The van der Waals surface area contributed by atoms with Crippen LogP contribution in [0, 0.1) is 17.1 Å². The van der Waals surface area contributed by atoms with Crippen molar-refractivity contribution in [1.29, 1.82) is 5.26 Å².